The van der Waals surface area contributed by atoms with Crippen molar-refractivity contribution >= 4 is 17.5 Å². The standard InChI is InChI=1S/C18H20N2O4/c1-18(23,13-8-4-3-5-9-13)12-19-16(21)17(22)20-14-10-6-7-11-15(14)24-2/h3-11,23H,12H2,1-2H3,(H,19,21)(H,20,22). The van der Waals surface area contributed by atoms with E-state index in [0.29, 0.717) is 17.0 Å². The van der Waals surface area contributed by atoms with Crippen molar-refractivity contribution in [2.45, 2.75) is 12.5 Å². The number of nitrogens with one attached hydrogen (secondary N) is 2. The van der Waals surface area contributed by atoms with Crippen LogP contribution >= 0.6 is 0 Å². The molecule has 1 atom stereocenters. The second-order valence-electron chi connectivity index (χ2n) is 5.48. The van der Waals surface area contributed by atoms with E-state index in [9.17, 15) is 14.7 Å². The number of benzene rings is 2. The number of carbonyl (C=O) groups excluding carboxylic acids is 2. The lowest BCUT2D eigenvalue weighted by atomic mass is 9.96. The van der Waals surface area contributed by atoms with Gasteiger partial charge in [0, 0.05) is 0 Å². The number of para-hydroxylation sites is 2. The maximum absolute atomic E-state index is 12.0. The van der Waals surface area contributed by atoms with Crippen molar-refractivity contribution < 1.29 is 19.4 Å². The van der Waals surface area contributed by atoms with E-state index in [4.69, 9.17) is 4.74 Å². The van der Waals surface area contributed by atoms with Gasteiger partial charge in [0.25, 0.3) is 0 Å². The van der Waals surface area contributed by atoms with Gasteiger partial charge in [-0.3, -0.25) is 9.59 Å². The largest absolute Gasteiger partial charge is 0.495 e. The van der Waals surface area contributed by atoms with Crippen LogP contribution < -0.4 is 15.4 Å². The van der Waals surface area contributed by atoms with E-state index >= 15 is 0 Å². The molecule has 1 unspecified atom stereocenters. The molecule has 3 N–H and O–H groups in total. The highest BCUT2D eigenvalue weighted by molar-refractivity contribution is 6.39. The Kier molecular flexibility index (Phi) is 5.55. The normalized spacial score (nSPS) is 12.8. The molecule has 2 aromatic rings. The minimum atomic E-state index is -1.28. The molecular weight excluding hydrogens is 308 g/mol. The summed E-state index contributed by atoms with van der Waals surface area (Å²) in [5.74, 6) is -1.21. The topological polar surface area (TPSA) is 87.7 Å². The Morgan fingerprint density at radius 1 is 1.04 bits per heavy atom. The SMILES string of the molecule is COc1ccccc1NC(=O)C(=O)NCC(C)(O)c1ccccc1. The summed E-state index contributed by atoms with van der Waals surface area (Å²) in [6.45, 7) is 1.48. The molecule has 0 aliphatic rings. The third kappa shape index (κ3) is 4.33. The number of methoxy groups -OCH3 is 1. The minimum Gasteiger partial charge on any atom is -0.495 e. The number of aliphatic hydroxyl groups is 1. The first-order valence-corrected chi connectivity index (χ1v) is 7.44. The Bertz CT molecular complexity index is 714. The van der Waals surface area contributed by atoms with E-state index in [1.165, 1.54) is 7.11 Å². The smallest absolute Gasteiger partial charge is 0.313 e. The van der Waals surface area contributed by atoms with Crippen molar-refractivity contribution in [2.75, 3.05) is 19.0 Å². The van der Waals surface area contributed by atoms with Gasteiger partial charge in [-0.05, 0) is 24.6 Å². The fourth-order valence-corrected chi connectivity index (χ4v) is 2.16. The molecule has 2 aromatic carbocycles. The average molecular weight is 328 g/mol. The maximum atomic E-state index is 12.0. The highest BCUT2D eigenvalue weighted by Gasteiger charge is 2.25. The van der Waals surface area contributed by atoms with Crippen molar-refractivity contribution in [2.24, 2.45) is 0 Å². The molecule has 24 heavy (non-hydrogen) atoms. The molecule has 0 heterocycles. The molecule has 126 valence electrons. The Balaban J connectivity index is 1.96. The summed E-state index contributed by atoms with van der Waals surface area (Å²) in [6.07, 6.45) is 0. The molecule has 6 heteroatoms. The van der Waals surface area contributed by atoms with Crippen LogP contribution in [-0.2, 0) is 15.2 Å². The molecule has 0 bridgehead atoms. The number of ether oxygens (including phenoxy) is 1. The fourth-order valence-electron chi connectivity index (χ4n) is 2.16. The van der Waals surface area contributed by atoms with E-state index in [0.717, 1.165) is 0 Å². The van der Waals surface area contributed by atoms with Crippen LogP contribution in [0, 0.1) is 0 Å². The Morgan fingerprint density at radius 3 is 2.33 bits per heavy atom. The highest BCUT2D eigenvalue weighted by Crippen LogP contribution is 2.23. The van der Waals surface area contributed by atoms with Gasteiger partial charge < -0.3 is 20.5 Å². The van der Waals surface area contributed by atoms with Crippen molar-refractivity contribution in [3.63, 3.8) is 0 Å². The van der Waals surface area contributed by atoms with Gasteiger partial charge in [0.05, 0.1) is 19.3 Å². The van der Waals surface area contributed by atoms with Gasteiger partial charge in [-0.25, -0.2) is 0 Å². The van der Waals surface area contributed by atoms with E-state index in [1.54, 1.807) is 55.5 Å². The van der Waals surface area contributed by atoms with Crippen LogP contribution in [0.4, 0.5) is 5.69 Å². The van der Waals surface area contributed by atoms with Gasteiger partial charge in [-0.2, -0.15) is 0 Å². The number of hydrogen-bond acceptors (Lipinski definition) is 4. The summed E-state index contributed by atoms with van der Waals surface area (Å²) in [5, 5.41) is 15.3. The van der Waals surface area contributed by atoms with Gasteiger partial charge in [0.15, 0.2) is 0 Å². The molecular formula is C18H20N2O4. The third-order valence-corrected chi connectivity index (χ3v) is 3.55. The number of rotatable bonds is 5. The summed E-state index contributed by atoms with van der Waals surface area (Å²) < 4.78 is 5.11. The van der Waals surface area contributed by atoms with Crippen molar-refractivity contribution in [3.05, 3.63) is 60.2 Å². The second-order valence-corrected chi connectivity index (χ2v) is 5.48. The Hall–Kier alpha value is -2.86. The Morgan fingerprint density at radius 2 is 1.67 bits per heavy atom. The highest BCUT2D eigenvalue weighted by atomic mass is 16.5. The number of carbonyl (C=O) groups is 2. The molecule has 0 aliphatic carbocycles. The minimum absolute atomic E-state index is 0.0881. The quantitative estimate of drug-likeness (QED) is 0.729. The number of amides is 2. The fraction of sp³-hybridized carbons (Fsp3) is 0.222. The summed E-state index contributed by atoms with van der Waals surface area (Å²) in [5.41, 5.74) is -0.229. The zero-order valence-electron chi connectivity index (χ0n) is 13.6. The van der Waals surface area contributed by atoms with E-state index in [1.807, 2.05) is 6.07 Å². The van der Waals surface area contributed by atoms with Crippen LogP contribution in [0.5, 0.6) is 5.75 Å². The van der Waals surface area contributed by atoms with Crippen LogP contribution in [0.25, 0.3) is 0 Å². The first-order valence-electron chi connectivity index (χ1n) is 7.44. The molecule has 2 amide bonds. The van der Waals surface area contributed by atoms with Gasteiger partial charge in [0.2, 0.25) is 0 Å². The van der Waals surface area contributed by atoms with Gasteiger partial charge in [0.1, 0.15) is 11.4 Å². The molecule has 0 saturated heterocycles. The first-order chi connectivity index (χ1) is 11.4. The molecule has 0 radical (unpaired) electrons. The van der Waals surface area contributed by atoms with E-state index < -0.39 is 17.4 Å². The lowest BCUT2D eigenvalue weighted by Crippen LogP contribution is -2.43. The predicted octanol–water partition coefficient (Wildman–Crippen LogP) is 1.66. The summed E-state index contributed by atoms with van der Waals surface area (Å²) in [4.78, 5) is 23.9. The van der Waals surface area contributed by atoms with Gasteiger partial charge in [-0.15, -0.1) is 0 Å². The number of hydrogen-bond donors (Lipinski definition) is 3. The lowest BCUT2D eigenvalue weighted by molar-refractivity contribution is -0.136. The molecule has 0 fully saturated rings. The second kappa shape index (κ2) is 7.61. The van der Waals surface area contributed by atoms with E-state index in [2.05, 4.69) is 10.6 Å². The molecule has 6 nitrogen and oxygen atoms in total. The average Bonchev–Trinajstić information content (AvgIpc) is 2.61. The molecule has 0 aliphatic heterocycles. The lowest BCUT2D eigenvalue weighted by Gasteiger charge is -2.24. The van der Waals surface area contributed by atoms with Crippen LogP contribution in [-0.4, -0.2) is 30.6 Å². The van der Waals surface area contributed by atoms with Crippen molar-refractivity contribution in [1.29, 1.82) is 0 Å². The van der Waals surface area contributed by atoms with Crippen LogP contribution in [0.3, 0.4) is 0 Å². The van der Waals surface area contributed by atoms with Gasteiger partial charge in [-0.1, -0.05) is 42.5 Å². The monoisotopic (exact) mass is 328 g/mol. The zero-order valence-corrected chi connectivity index (χ0v) is 13.6. The summed E-state index contributed by atoms with van der Waals surface area (Å²) in [7, 11) is 1.47. The van der Waals surface area contributed by atoms with Crippen molar-refractivity contribution in [1.82, 2.24) is 5.32 Å². The van der Waals surface area contributed by atoms with Crippen molar-refractivity contribution in [3.8, 4) is 5.75 Å². The predicted molar refractivity (Wildman–Crippen MR) is 90.6 cm³/mol. The molecule has 2 rings (SSSR count). The molecule has 0 saturated carbocycles. The summed E-state index contributed by atoms with van der Waals surface area (Å²) in [6, 6.07) is 15.7. The van der Waals surface area contributed by atoms with E-state index in [-0.39, 0.29) is 6.54 Å². The third-order valence-electron chi connectivity index (χ3n) is 3.55. The van der Waals surface area contributed by atoms with Crippen LogP contribution in [0.1, 0.15) is 12.5 Å². The first kappa shape index (κ1) is 17.5. The maximum Gasteiger partial charge on any atom is 0.313 e. The number of anilines is 1. The molecule has 0 aromatic heterocycles. The van der Waals surface area contributed by atoms with Gasteiger partial charge >= 0.3 is 11.8 Å². The summed E-state index contributed by atoms with van der Waals surface area (Å²) >= 11 is 0. The zero-order chi connectivity index (χ0) is 17.6. The van der Waals surface area contributed by atoms with Crippen LogP contribution in [0.2, 0.25) is 0 Å². The Labute approximate surface area is 140 Å². The van der Waals surface area contributed by atoms with Crippen LogP contribution in [0.15, 0.2) is 54.6 Å². The molecule has 0 spiro atoms.